The first-order valence-electron chi connectivity index (χ1n) is 18.4. The Morgan fingerprint density at radius 1 is 0.930 bits per heavy atom. The second kappa shape index (κ2) is 19.0. The number of hydrogen-bond acceptors (Lipinski definition) is 10. The number of thioether (sulfide) groups is 1. The zero-order valence-electron chi connectivity index (χ0n) is 31.6. The summed E-state index contributed by atoms with van der Waals surface area (Å²) in [5, 5.41) is 16.1. The second-order valence-electron chi connectivity index (χ2n) is 14.0. The first-order chi connectivity index (χ1) is 27.3. The zero-order chi connectivity index (χ0) is 40.5. The van der Waals surface area contributed by atoms with Crippen LogP contribution < -0.4 is 14.9 Å². The number of amides is 1. The third kappa shape index (κ3) is 11.3. The van der Waals surface area contributed by atoms with Gasteiger partial charge in [-0.15, -0.1) is 11.8 Å². The molecule has 0 saturated carbocycles. The van der Waals surface area contributed by atoms with Crippen LogP contribution in [0, 0.1) is 15.9 Å². The number of anilines is 2. The Balaban J connectivity index is 1.06. The summed E-state index contributed by atoms with van der Waals surface area (Å²) in [6, 6.07) is 32.2. The first-order valence-corrected chi connectivity index (χ1v) is 21.3. The SMILES string of the molecule is CN(C)CC[C@H](CSc1ccccc1)Nc1ccc(S(=O)(=O)NC(=O)c2ccc(N3CCN(Cc4cc(F)ccc4-c4ccc(Cl)cc4)CC3)cc2)cc1[N+](=O)[O-]. The van der Waals surface area contributed by atoms with Gasteiger partial charge < -0.3 is 15.1 Å². The van der Waals surface area contributed by atoms with Crippen molar-refractivity contribution in [3.05, 3.63) is 147 Å². The lowest BCUT2D eigenvalue weighted by Crippen LogP contribution is -2.46. The summed E-state index contributed by atoms with van der Waals surface area (Å²) in [5.74, 6) is -0.521. The van der Waals surface area contributed by atoms with Crippen molar-refractivity contribution in [3.8, 4) is 11.1 Å². The van der Waals surface area contributed by atoms with E-state index in [-0.39, 0.29) is 23.1 Å². The molecule has 0 bridgehead atoms. The number of nitrogens with one attached hydrogen (secondary N) is 2. The Labute approximate surface area is 342 Å². The summed E-state index contributed by atoms with van der Waals surface area (Å²) in [6.07, 6.45) is 0.693. The van der Waals surface area contributed by atoms with Gasteiger partial charge in [-0.25, -0.2) is 17.5 Å². The molecule has 0 spiro atoms. The molecule has 1 aliphatic heterocycles. The summed E-state index contributed by atoms with van der Waals surface area (Å²) in [6.45, 7) is 4.14. The molecule has 1 atom stereocenters. The number of hydrogen-bond donors (Lipinski definition) is 2. The minimum absolute atomic E-state index is 0.120. The van der Waals surface area contributed by atoms with Gasteiger partial charge in [-0.05, 0) is 117 Å². The van der Waals surface area contributed by atoms with Crippen LogP contribution in [0.5, 0.6) is 0 Å². The van der Waals surface area contributed by atoms with Gasteiger partial charge in [0.1, 0.15) is 11.5 Å². The molecule has 1 heterocycles. The van der Waals surface area contributed by atoms with Crippen molar-refractivity contribution in [2.45, 2.75) is 28.8 Å². The van der Waals surface area contributed by atoms with Crippen molar-refractivity contribution in [1.82, 2.24) is 14.5 Å². The number of nitro benzene ring substituents is 1. The fourth-order valence-corrected chi connectivity index (χ4v) is 8.68. The van der Waals surface area contributed by atoms with Crippen molar-refractivity contribution >= 4 is 56.4 Å². The number of nitrogens with zero attached hydrogens (tertiary/aromatic N) is 4. The number of sulfonamides is 1. The predicted octanol–water partition coefficient (Wildman–Crippen LogP) is 8.02. The molecule has 1 amide bonds. The average molecular weight is 831 g/mol. The lowest BCUT2D eigenvalue weighted by atomic mass is 9.99. The Morgan fingerprint density at radius 3 is 2.30 bits per heavy atom. The van der Waals surface area contributed by atoms with Crippen LogP contribution >= 0.6 is 23.4 Å². The molecule has 298 valence electrons. The molecular formula is C42H44ClFN6O5S2. The molecule has 5 aromatic rings. The molecule has 1 aliphatic rings. The van der Waals surface area contributed by atoms with Crippen molar-refractivity contribution in [1.29, 1.82) is 0 Å². The van der Waals surface area contributed by atoms with E-state index >= 15 is 0 Å². The molecule has 57 heavy (non-hydrogen) atoms. The molecule has 0 aromatic heterocycles. The summed E-state index contributed by atoms with van der Waals surface area (Å²) in [7, 11) is -0.552. The number of rotatable bonds is 16. The fourth-order valence-electron chi connectivity index (χ4n) is 6.57. The zero-order valence-corrected chi connectivity index (χ0v) is 34.0. The summed E-state index contributed by atoms with van der Waals surface area (Å²) >= 11 is 7.70. The molecule has 0 aliphatic carbocycles. The number of carbonyl (C=O) groups excluding carboxylic acids is 1. The van der Waals surface area contributed by atoms with Crippen molar-refractivity contribution < 1.29 is 22.5 Å². The van der Waals surface area contributed by atoms with E-state index in [1.165, 1.54) is 18.2 Å². The van der Waals surface area contributed by atoms with E-state index < -0.39 is 31.4 Å². The van der Waals surface area contributed by atoms with E-state index in [1.54, 1.807) is 48.2 Å². The van der Waals surface area contributed by atoms with E-state index in [1.807, 2.05) is 73.6 Å². The van der Waals surface area contributed by atoms with E-state index in [2.05, 4.69) is 19.8 Å². The van der Waals surface area contributed by atoms with Crippen molar-refractivity contribution in [3.63, 3.8) is 0 Å². The number of halogens is 2. The summed E-state index contributed by atoms with van der Waals surface area (Å²) < 4.78 is 43.1. The van der Waals surface area contributed by atoms with Crippen LogP contribution in [0.3, 0.4) is 0 Å². The van der Waals surface area contributed by atoms with Crippen LogP contribution in [0.4, 0.5) is 21.5 Å². The fraction of sp³-hybridized carbons (Fsp3) is 0.262. The molecule has 1 saturated heterocycles. The minimum Gasteiger partial charge on any atom is -0.376 e. The molecule has 1 fully saturated rings. The van der Waals surface area contributed by atoms with Gasteiger partial charge in [0.2, 0.25) is 0 Å². The quantitative estimate of drug-likeness (QED) is 0.0574. The highest BCUT2D eigenvalue weighted by molar-refractivity contribution is 7.99. The highest BCUT2D eigenvalue weighted by Crippen LogP contribution is 2.31. The Morgan fingerprint density at radius 2 is 1.63 bits per heavy atom. The van der Waals surface area contributed by atoms with E-state index in [0.717, 1.165) is 53.0 Å². The number of piperazine rings is 1. The van der Waals surface area contributed by atoms with Crippen molar-refractivity contribution in [2.75, 3.05) is 62.8 Å². The number of carbonyl (C=O) groups is 1. The molecule has 6 rings (SSSR count). The van der Waals surface area contributed by atoms with Gasteiger partial charge in [0.25, 0.3) is 21.6 Å². The molecule has 2 N–H and O–H groups in total. The van der Waals surface area contributed by atoms with Gasteiger partial charge in [0.05, 0.1) is 9.82 Å². The Kier molecular flexibility index (Phi) is 13.9. The molecular weight excluding hydrogens is 787 g/mol. The second-order valence-corrected chi connectivity index (χ2v) is 17.3. The maximum atomic E-state index is 14.3. The number of benzene rings is 5. The Hall–Kier alpha value is -4.99. The normalized spacial score (nSPS) is 14.0. The predicted molar refractivity (Wildman–Crippen MR) is 226 cm³/mol. The summed E-state index contributed by atoms with van der Waals surface area (Å²) in [5.41, 5.74) is 3.57. The molecule has 0 unspecified atom stereocenters. The van der Waals surface area contributed by atoms with Crippen molar-refractivity contribution in [2.24, 2.45) is 0 Å². The third-order valence-corrected chi connectivity index (χ3v) is 12.4. The van der Waals surface area contributed by atoms with Crippen LogP contribution in [0.1, 0.15) is 22.3 Å². The van der Waals surface area contributed by atoms with Crippen LogP contribution in [0.2, 0.25) is 5.02 Å². The Bertz CT molecular complexity index is 2280. The van der Waals surface area contributed by atoms with Crippen LogP contribution in [0.15, 0.2) is 125 Å². The third-order valence-electron chi connectivity index (χ3n) is 9.67. The van der Waals surface area contributed by atoms with Gasteiger partial charge in [0, 0.05) is 71.8 Å². The van der Waals surface area contributed by atoms with E-state index in [0.29, 0.717) is 36.8 Å². The van der Waals surface area contributed by atoms with Gasteiger partial charge in [-0.1, -0.05) is 48.0 Å². The smallest absolute Gasteiger partial charge is 0.293 e. The highest BCUT2D eigenvalue weighted by atomic mass is 35.5. The molecule has 11 nitrogen and oxygen atoms in total. The maximum Gasteiger partial charge on any atom is 0.293 e. The molecule has 5 aromatic carbocycles. The van der Waals surface area contributed by atoms with E-state index in [4.69, 9.17) is 11.6 Å². The van der Waals surface area contributed by atoms with Gasteiger partial charge >= 0.3 is 0 Å². The van der Waals surface area contributed by atoms with Gasteiger partial charge in [-0.2, -0.15) is 0 Å². The number of nitro groups is 1. The first kappa shape index (κ1) is 41.6. The topological polar surface area (TPSA) is 128 Å². The van der Waals surface area contributed by atoms with Crippen LogP contribution in [-0.4, -0.2) is 87.7 Å². The molecule has 15 heteroatoms. The summed E-state index contributed by atoms with van der Waals surface area (Å²) in [4.78, 5) is 31.8. The largest absolute Gasteiger partial charge is 0.376 e. The van der Waals surface area contributed by atoms with Gasteiger partial charge in [-0.3, -0.25) is 19.8 Å². The van der Waals surface area contributed by atoms with Crippen LogP contribution in [-0.2, 0) is 16.6 Å². The lowest BCUT2D eigenvalue weighted by molar-refractivity contribution is -0.384. The highest BCUT2D eigenvalue weighted by Gasteiger charge is 2.26. The maximum absolute atomic E-state index is 14.3. The minimum atomic E-state index is -4.45. The van der Waals surface area contributed by atoms with Gasteiger partial charge in [0.15, 0.2) is 0 Å². The standard InChI is InChI=1S/C42H44ClFN6O5S2/c1-47(2)21-20-35(29-56-37-6-4-3-5-7-37)45-40-19-17-38(27-41(40)50(52)53)57(54,55)46-42(51)31-10-15-36(16-11-31)49-24-22-48(23-25-49)28-32-26-34(44)14-18-39(32)30-8-12-33(43)13-9-30/h3-19,26-27,35,45H,20-25,28-29H2,1-2H3,(H,46,51)/t35-/m1/s1. The average Bonchev–Trinajstić information content (AvgIpc) is 3.20. The lowest BCUT2D eigenvalue weighted by Gasteiger charge is -2.36. The van der Waals surface area contributed by atoms with E-state index in [9.17, 15) is 27.7 Å². The monoisotopic (exact) mass is 830 g/mol. The van der Waals surface area contributed by atoms with Crippen LogP contribution in [0.25, 0.3) is 11.1 Å². The molecule has 0 radical (unpaired) electrons.